The molecule has 3 aromatic rings. The average Bonchev–Trinajstić information content (AvgIpc) is 3.09. The van der Waals surface area contributed by atoms with Gasteiger partial charge < -0.3 is 9.84 Å². The number of carbonyl (C=O) groups excluding carboxylic acids is 2. The molecule has 5 nitrogen and oxygen atoms in total. The molecular weight excluding hydrogens is 414 g/mol. The summed E-state index contributed by atoms with van der Waals surface area (Å²) in [5, 5.41) is 11.3. The van der Waals surface area contributed by atoms with E-state index in [1.165, 1.54) is 4.90 Å². The van der Waals surface area contributed by atoms with Crippen LogP contribution in [0.25, 0.3) is 5.76 Å². The number of hydrogen-bond donors (Lipinski definition) is 1. The van der Waals surface area contributed by atoms with Crippen LogP contribution in [0.1, 0.15) is 41.6 Å². The minimum Gasteiger partial charge on any atom is -0.507 e. The fraction of sp³-hybridized carbons (Fsp3) is 0.214. The first-order chi connectivity index (χ1) is 15.9. The van der Waals surface area contributed by atoms with Gasteiger partial charge in [-0.15, -0.1) is 0 Å². The molecule has 0 saturated carbocycles. The highest BCUT2D eigenvalue weighted by Gasteiger charge is 2.46. The lowest BCUT2D eigenvalue weighted by atomic mass is 9.94. The average molecular weight is 442 g/mol. The van der Waals surface area contributed by atoms with Crippen LogP contribution < -0.4 is 9.64 Å². The number of aliphatic hydroxyl groups is 1. The lowest BCUT2D eigenvalue weighted by Crippen LogP contribution is -2.29. The number of aliphatic hydroxyl groups excluding tert-OH is 1. The number of hydrogen-bond acceptors (Lipinski definition) is 4. The Kier molecular flexibility index (Phi) is 6.31. The number of ketones is 1. The Bertz CT molecular complexity index is 1210. The Labute approximate surface area is 193 Å². The number of ether oxygens (including phenoxy) is 1. The van der Waals surface area contributed by atoms with Crippen molar-refractivity contribution in [2.45, 2.75) is 33.2 Å². The van der Waals surface area contributed by atoms with Gasteiger partial charge in [0.2, 0.25) is 0 Å². The minimum absolute atomic E-state index is 0.0772. The van der Waals surface area contributed by atoms with Crippen molar-refractivity contribution in [3.05, 3.63) is 101 Å². The Morgan fingerprint density at radius 1 is 0.970 bits per heavy atom. The highest BCUT2D eigenvalue weighted by molar-refractivity contribution is 6.51. The first-order valence-corrected chi connectivity index (χ1v) is 11.1. The highest BCUT2D eigenvalue weighted by atomic mass is 16.5. The van der Waals surface area contributed by atoms with Crippen molar-refractivity contribution in [1.29, 1.82) is 0 Å². The molecule has 1 atom stereocenters. The summed E-state index contributed by atoms with van der Waals surface area (Å²) < 4.78 is 5.73. The minimum atomic E-state index is -0.731. The Balaban J connectivity index is 1.85. The maximum absolute atomic E-state index is 13.2. The molecule has 0 bridgehead atoms. The van der Waals surface area contributed by atoms with Gasteiger partial charge in [-0.1, -0.05) is 55.0 Å². The van der Waals surface area contributed by atoms with Crippen LogP contribution in [0.15, 0.2) is 78.4 Å². The molecule has 1 N–H and O–H groups in total. The van der Waals surface area contributed by atoms with Crippen LogP contribution in [0.4, 0.5) is 5.69 Å². The second kappa shape index (κ2) is 9.33. The van der Waals surface area contributed by atoms with Crippen molar-refractivity contribution in [3.63, 3.8) is 0 Å². The van der Waals surface area contributed by atoms with E-state index in [0.29, 0.717) is 17.9 Å². The molecule has 168 valence electrons. The zero-order valence-electron chi connectivity index (χ0n) is 19.0. The molecule has 1 unspecified atom stereocenters. The van der Waals surface area contributed by atoms with E-state index in [2.05, 4.69) is 0 Å². The zero-order valence-corrected chi connectivity index (χ0v) is 19.0. The number of anilines is 1. The Morgan fingerprint density at radius 3 is 2.30 bits per heavy atom. The number of benzene rings is 3. The van der Waals surface area contributed by atoms with Gasteiger partial charge in [0.1, 0.15) is 11.5 Å². The summed E-state index contributed by atoms with van der Waals surface area (Å²) >= 11 is 0. The van der Waals surface area contributed by atoms with E-state index in [1.807, 2.05) is 75.4 Å². The molecule has 5 heteroatoms. The zero-order chi connectivity index (χ0) is 23.5. The molecule has 33 heavy (non-hydrogen) atoms. The molecule has 0 spiro atoms. The first kappa shape index (κ1) is 22.3. The smallest absolute Gasteiger partial charge is 0.300 e. The molecule has 1 aliphatic heterocycles. The van der Waals surface area contributed by atoms with Crippen LogP contribution in [-0.4, -0.2) is 23.4 Å². The van der Waals surface area contributed by atoms with Crippen molar-refractivity contribution < 1.29 is 19.4 Å². The van der Waals surface area contributed by atoms with Crippen LogP contribution in [0.3, 0.4) is 0 Å². The highest BCUT2D eigenvalue weighted by Crippen LogP contribution is 2.42. The normalized spacial score (nSPS) is 17.4. The molecule has 4 rings (SSSR count). The molecule has 0 radical (unpaired) electrons. The molecular formula is C28H27NO4. The van der Waals surface area contributed by atoms with Crippen molar-refractivity contribution in [2.24, 2.45) is 0 Å². The van der Waals surface area contributed by atoms with Gasteiger partial charge in [0, 0.05) is 11.3 Å². The maximum atomic E-state index is 13.2. The maximum Gasteiger partial charge on any atom is 0.300 e. The van der Waals surface area contributed by atoms with E-state index in [0.717, 1.165) is 28.9 Å². The lowest BCUT2D eigenvalue weighted by molar-refractivity contribution is -0.132. The number of nitrogens with zero attached hydrogens (tertiary/aromatic N) is 1. The first-order valence-electron chi connectivity index (χ1n) is 11.1. The summed E-state index contributed by atoms with van der Waals surface area (Å²) in [6.07, 6.45) is 0.890. The van der Waals surface area contributed by atoms with Gasteiger partial charge >= 0.3 is 0 Å². The third-order valence-corrected chi connectivity index (χ3v) is 5.78. The standard InChI is InChI=1S/C28H27NO4/c1-4-16-33-23-15-12-21(17-19(23)3)26(30)24-25(20-8-6-5-7-9-20)29(28(32)27(24)31)22-13-10-18(2)11-14-22/h5-15,17,25,30H,4,16H2,1-3H3/b26-24-. The third-order valence-electron chi connectivity index (χ3n) is 5.78. The third kappa shape index (κ3) is 4.27. The van der Waals surface area contributed by atoms with Crippen LogP contribution in [0.2, 0.25) is 0 Å². The van der Waals surface area contributed by atoms with Gasteiger partial charge in [0.25, 0.3) is 11.7 Å². The van der Waals surface area contributed by atoms with Crippen molar-refractivity contribution >= 4 is 23.1 Å². The molecule has 1 fully saturated rings. The fourth-order valence-corrected chi connectivity index (χ4v) is 4.08. The van der Waals surface area contributed by atoms with Gasteiger partial charge in [-0.05, 0) is 61.7 Å². The van der Waals surface area contributed by atoms with Gasteiger partial charge in [0.15, 0.2) is 0 Å². The predicted octanol–water partition coefficient (Wildman–Crippen LogP) is 5.72. The van der Waals surface area contributed by atoms with E-state index in [-0.39, 0.29) is 11.3 Å². The monoisotopic (exact) mass is 441 g/mol. The summed E-state index contributed by atoms with van der Waals surface area (Å²) in [6.45, 7) is 6.48. The SMILES string of the molecule is CCCOc1ccc(/C(O)=C2/C(=O)C(=O)N(c3ccc(C)cc3)C2c2ccccc2)cc1C. The molecule has 1 amide bonds. The number of carbonyl (C=O) groups is 2. The summed E-state index contributed by atoms with van der Waals surface area (Å²) in [5.74, 6) is -0.824. The molecule has 1 aliphatic rings. The van der Waals surface area contributed by atoms with Crippen LogP contribution >= 0.6 is 0 Å². The topological polar surface area (TPSA) is 66.8 Å². The summed E-state index contributed by atoms with van der Waals surface area (Å²) in [4.78, 5) is 27.9. The number of rotatable bonds is 6. The number of Topliss-reactive ketones (excluding diaryl/α,β-unsaturated/α-hetero) is 1. The molecule has 3 aromatic carbocycles. The predicted molar refractivity (Wildman–Crippen MR) is 129 cm³/mol. The van der Waals surface area contributed by atoms with Crippen molar-refractivity contribution in [3.8, 4) is 5.75 Å². The molecule has 1 saturated heterocycles. The van der Waals surface area contributed by atoms with E-state index in [9.17, 15) is 14.7 Å². The second-order valence-electron chi connectivity index (χ2n) is 8.24. The summed E-state index contributed by atoms with van der Waals surface area (Å²) in [6, 6.07) is 21.3. The van der Waals surface area contributed by atoms with E-state index in [1.54, 1.807) is 18.2 Å². The van der Waals surface area contributed by atoms with E-state index in [4.69, 9.17) is 4.74 Å². The Hall–Kier alpha value is -3.86. The molecule has 0 aromatic heterocycles. The number of amides is 1. The van der Waals surface area contributed by atoms with Crippen LogP contribution in [0, 0.1) is 13.8 Å². The van der Waals surface area contributed by atoms with E-state index >= 15 is 0 Å². The largest absolute Gasteiger partial charge is 0.507 e. The summed E-state index contributed by atoms with van der Waals surface area (Å²) in [5.41, 5.74) is 3.80. The van der Waals surface area contributed by atoms with Crippen LogP contribution in [0.5, 0.6) is 5.75 Å². The van der Waals surface area contributed by atoms with Gasteiger partial charge in [-0.25, -0.2) is 0 Å². The molecule has 1 heterocycles. The van der Waals surface area contributed by atoms with Gasteiger partial charge in [-0.2, -0.15) is 0 Å². The number of aryl methyl sites for hydroxylation is 2. The fourth-order valence-electron chi connectivity index (χ4n) is 4.08. The van der Waals surface area contributed by atoms with Crippen molar-refractivity contribution in [2.75, 3.05) is 11.5 Å². The van der Waals surface area contributed by atoms with E-state index < -0.39 is 17.7 Å². The second-order valence-corrected chi connectivity index (χ2v) is 8.24. The quantitative estimate of drug-likeness (QED) is 0.302. The van der Waals surface area contributed by atoms with Crippen LogP contribution in [-0.2, 0) is 9.59 Å². The van der Waals surface area contributed by atoms with Crippen molar-refractivity contribution in [1.82, 2.24) is 0 Å². The Morgan fingerprint density at radius 2 is 1.67 bits per heavy atom. The molecule has 0 aliphatic carbocycles. The lowest BCUT2D eigenvalue weighted by Gasteiger charge is -2.25. The summed E-state index contributed by atoms with van der Waals surface area (Å²) in [7, 11) is 0. The van der Waals surface area contributed by atoms with Gasteiger partial charge in [-0.3, -0.25) is 14.5 Å². The van der Waals surface area contributed by atoms with Gasteiger partial charge in [0.05, 0.1) is 18.2 Å².